The Bertz CT molecular complexity index is 1190. The molecule has 0 unspecified atom stereocenters. The second-order valence-electron chi connectivity index (χ2n) is 6.28. The second-order valence-corrected chi connectivity index (χ2v) is 6.65. The summed E-state index contributed by atoms with van der Waals surface area (Å²) >= 11 is 5.29. The Morgan fingerprint density at radius 1 is 1.03 bits per heavy atom. The van der Waals surface area contributed by atoms with Crippen molar-refractivity contribution in [2.75, 3.05) is 0 Å². The summed E-state index contributed by atoms with van der Waals surface area (Å²) in [5, 5.41) is 10.5. The summed E-state index contributed by atoms with van der Waals surface area (Å²) in [5.41, 5.74) is 0.979. The highest BCUT2D eigenvalue weighted by atomic mass is 32.1. The van der Waals surface area contributed by atoms with Gasteiger partial charge >= 0.3 is 0 Å². The molecular weight excluding hydrogens is 386 g/mol. The van der Waals surface area contributed by atoms with Crippen molar-refractivity contribution < 1.29 is 9.90 Å². The standard InChI is InChI=1S/C22H21N3O3S/c1-3-24-20(27)17(21(28)25(4-2)22(24)29)14-23-18-13-9-8-12-16(18)19(26)15-10-6-5-7-11-15/h5-14,27H,3-4H2,1-2H3. The van der Waals surface area contributed by atoms with E-state index in [0.717, 1.165) is 0 Å². The van der Waals surface area contributed by atoms with Crippen LogP contribution in [0.1, 0.15) is 35.3 Å². The minimum absolute atomic E-state index is 0.0317. The molecule has 0 bridgehead atoms. The van der Waals surface area contributed by atoms with Crippen molar-refractivity contribution in [3.05, 3.63) is 86.4 Å². The first-order chi connectivity index (χ1) is 14.0. The highest BCUT2D eigenvalue weighted by molar-refractivity contribution is 7.71. The molecule has 0 aliphatic rings. The molecule has 3 aromatic rings. The lowest BCUT2D eigenvalue weighted by Gasteiger charge is -2.13. The SMILES string of the molecule is CCn1c(O)c(C=Nc2ccccc2C(=O)c2ccccc2)c(=O)n(CC)c1=S. The highest BCUT2D eigenvalue weighted by Crippen LogP contribution is 2.23. The Morgan fingerprint density at radius 2 is 1.66 bits per heavy atom. The first-order valence-corrected chi connectivity index (χ1v) is 9.69. The number of carbonyl (C=O) groups excluding carboxylic acids is 1. The number of para-hydroxylation sites is 1. The number of carbonyl (C=O) groups is 1. The Morgan fingerprint density at radius 3 is 2.31 bits per heavy atom. The second kappa shape index (κ2) is 8.79. The van der Waals surface area contributed by atoms with Gasteiger partial charge in [0.25, 0.3) is 5.56 Å². The number of rotatable bonds is 6. The molecule has 0 atom stereocenters. The largest absolute Gasteiger partial charge is 0.494 e. The topological polar surface area (TPSA) is 76.6 Å². The molecule has 6 nitrogen and oxygen atoms in total. The van der Waals surface area contributed by atoms with E-state index in [4.69, 9.17) is 12.2 Å². The van der Waals surface area contributed by atoms with Gasteiger partial charge in [0, 0.05) is 30.4 Å². The van der Waals surface area contributed by atoms with Gasteiger partial charge in [0.2, 0.25) is 5.88 Å². The minimum atomic E-state index is -0.421. The quantitative estimate of drug-likeness (QED) is 0.379. The average molecular weight is 407 g/mol. The molecule has 1 aromatic heterocycles. The molecule has 1 heterocycles. The van der Waals surface area contributed by atoms with Gasteiger partial charge in [0.05, 0.1) is 5.69 Å². The van der Waals surface area contributed by atoms with Crippen LogP contribution in [0.4, 0.5) is 5.69 Å². The van der Waals surface area contributed by atoms with Crippen LogP contribution in [0, 0.1) is 4.77 Å². The van der Waals surface area contributed by atoms with Crippen LogP contribution in [0.25, 0.3) is 0 Å². The van der Waals surface area contributed by atoms with Gasteiger partial charge in [-0.1, -0.05) is 42.5 Å². The van der Waals surface area contributed by atoms with E-state index in [9.17, 15) is 14.7 Å². The fourth-order valence-electron chi connectivity index (χ4n) is 3.04. The minimum Gasteiger partial charge on any atom is -0.494 e. The number of ketones is 1. The van der Waals surface area contributed by atoms with Crippen LogP contribution in [0.5, 0.6) is 5.88 Å². The smallest absolute Gasteiger partial charge is 0.267 e. The summed E-state index contributed by atoms with van der Waals surface area (Å²) in [4.78, 5) is 29.9. The number of hydrogen-bond donors (Lipinski definition) is 1. The molecule has 0 aliphatic heterocycles. The van der Waals surface area contributed by atoms with Crippen LogP contribution in [0.15, 0.2) is 64.4 Å². The predicted molar refractivity (Wildman–Crippen MR) is 116 cm³/mol. The number of benzene rings is 2. The van der Waals surface area contributed by atoms with Crippen LogP contribution in [0.3, 0.4) is 0 Å². The number of aliphatic imine (C=N–C) groups is 1. The van der Waals surface area contributed by atoms with E-state index in [2.05, 4.69) is 4.99 Å². The normalized spacial score (nSPS) is 11.1. The van der Waals surface area contributed by atoms with Crippen LogP contribution in [-0.2, 0) is 13.1 Å². The van der Waals surface area contributed by atoms with Gasteiger partial charge in [-0.05, 0) is 38.2 Å². The molecule has 7 heteroatoms. The third-order valence-corrected chi connectivity index (χ3v) is 5.02. The molecule has 0 fully saturated rings. The molecular formula is C22H21N3O3S. The molecule has 0 amide bonds. The molecule has 3 rings (SSSR count). The van der Waals surface area contributed by atoms with E-state index in [1.807, 2.05) is 19.9 Å². The maximum Gasteiger partial charge on any atom is 0.267 e. The average Bonchev–Trinajstić information content (AvgIpc) is 2.74. The van der Waals surface area contributed by atoms with Gasteiger partial charge in [-0.2, -0.15) is 0 Å². The van der Waals surface area contributed by atoms with Gasteiger partial charge in [-0.25, -0.2) is 0 Å². The Kier molecular flexibility index (Phi) is 6.19. The molecule has 1 N–H and O–H groups in total. The van der Waals surface area contributed by atoms with Crippen LogP contribution in [0.2, 0.25) is 0 Å². The molecule has 29 heavy (non-hydrogen) atoms. The van der Waals surface area contributed by atoms with E-state index in [-0.39, 0.29) is 22.0 Å². The molecule has 0 aliphatic carbocycles. The Balaban J connectivity index is 2.10. The fraction of sp³-hybridized carbons (Fsp3) is 0.182. The van der Waals surface area contributed by atoms with Crippen LogP contribution >= 0.6 is 12.2 Å². The maximum absolute atomic E-state index is 12.9. The van der Waals surface area contributed by atoms with Gasteiger partial charge in [0.1, 0.15) is 5.56 Å². The molecule has 2 aromatic carbocycles. The highest BCUT2D eigenvalue weighted by Gasteiger charge is 2.15. The van der Waals surface area contributed by atoms with Gasteiger partial charge in [0.15, 0.2) is 10.6 Å². The van der Waals surface area contributed by atoms with E-state index < -0.39 is 5.56 Å². The van der Waals surface area contributed by atoms with Crippen molar-refractivity contribution >= 4 is 29.9 Å². The zero-order valence-electron chi connectivity index (χ0n) is 16.2. The summed E-state index contributed by atoms with van der Waals surface area (Å²) in [6.45, 7) is 4.43. The first-order valence-electron chi connectivity index (χ1n) is 9.29. The number of hydrogen-bond acceptors (Lipinski definition) is 5. The molecule has 0 saturated carbocycles. The predicted octanol–water partition coefficient (Wildman–Crippen LogP) is 4.11. The summed E-state index contributed by atoms with van der Waals surface area (Å²) < 4.78 is 3.14. The van der Waals surface area contributed by atoms with E-state index >= 15 is 0 Å². The molecule has 0 radical (unpaired) electrons. The van der Waals surface area contributed by atoms with Gasteiger partial charge in [-0.15, -0.1) is 0 Å². The van der Waals surface area contributed by atoms with Crippen molar-refractivity contribution in [1.82, 2.24) is 9.13 Å². The van der Waals surface area contributed by atoms with Gasteiger partial charge in [-0.3, -0.25) is 23.7 Å². The number of aromatic hydroxyl groups is 1. The number of aromatic nitrogens is 2. The van der Waals surface area contributed by atoms with E-state index in [1.54, 1.807) is 48.5 Å². The van der Waals surface area contributed by atoms with E-state index in [0.29, 0.717) is 29.9 Å². The zero-order chi connectivity index (χ0) is 21.0. The maximum atomic E-state index is 12.9. The monoisotopic (exact) mass is 407 g/mol. The molecule has 0 saturated heterocycles. The summed E-state index contributed by atoms with van der Waals surface area (Å²) in [5.74, 6) is -0.402. The Labute approximate surface area is 173 Å². The summed E-state index contributed by atoms with van der Waals surface area (Å²) in [6, 6.07) is 15.8. The third kappa shape index (κ3) is 3.95. The fourth-order valence-corrected chi connectivity index (χ4v) is 3.47. The van der Waals surface area contributed by atoms with Gasteiger partial charge < -0.3 is 5.11 Å². The Hall–Kier alpha value is -3.32. The van der Waals surface area contributed by atoms with Crippen molar-refractivity contribution in [3.63, 3.8) is 0 Å². The van der Waals surface area contributed by atoms with Crippen molar-refractivity contribution in [1.29, 1.82) is 0 Å². The third-order valence-electron chi connectivity index (χ3n) is 4.58. The summed E-state index contributed by atoms with van der Waals surface area (Å²) in [7, 11) is 0. The van der Waals surface area contributed by atoms with E-state index in [1.165, 1.54) is 15.3 Å². The number of nitrogens with zero attached hydrogens (tertiary/aromatic N) is 3. The van der Waals surface area contributed by atoms with Crippen LogP contribution in [-0.4, -0.2) is 26.2 Å². The lowest BCUT2D eigenvalue weighted by Crippen LogP contribution is -2.27. The van der Waals surface area contributed by atoms with Crippen molar-refractivity contribution in [2.45, 2.75) is 26.9 Å². The van der Waals surface area contributed by atoms with Crippen LogP contribution < -0.4 is 5.56 Å². The molecule has 148 valence electrons. The zero-order valence-corrected chi connectivity index (χ0v) is 17.0. The lowest BCUT2D eigenvalue weighted by molar-refractivity contribution is 0.103. The van der Waals surface area contributed by atoms with Crippen molar-refractivity contribution in [3.8, 4) is 5.88 Å². The van der Waals surface area contributed by atoms with Crippen molar-refractivity contribution in [2.24, 2.45) is 4.99 Å². The molecule has 0 spiro atoms. The lowest BCUT2D eigenvalue weighted by atomic mass is 10.0. The first kappa shape index (κ1) is 20.4. The summed E-state index contributed by atoms with van der Waals surface area (Å²) in [6.07, 6.45) is 1.29.